The van der Waals surface area contributed by atoms with E-state index in [1.807, 2.05) is 0 Å². The second-order valence-corrected chi connectivity index (χ2v) is 3.57. The molecule has 6 heteroatoms. The fraction of sp³-hybridized carbons (Fsp3) is 0.300. The third kappa shape index (κ3) is 1.94. The van der Waals surface area contributed by atoms with Crippen LogP contribution in [0.2, 0.25) is 0 Å². The fourth-order valence-corrected chi connectivity index (χ4v) is 1.48. The van der Waals surface area contributed by atoms with Crippen LogP contribution in [0.25, 0.3) is 4.85 Å². The van der Waals surface area contributed by atoms with Crippen LogP contribution in [-0.2, 0) is 0 Å². The molecule has 0 aromatic heterocycles. The summed E-state index contributed by atoms with van der Waals surface area (Å²) < 4.78 is 0. The summed E-state index contributed by atoms with van der Waals surface area (Å²) in [6.07, 6.45) is 0. The molecular formula is C10H10N4O2. The lowest BCUT2D eigenvalue weighted by Gasteiger charge is -2.28. The SMILES string of the molecule is [C-]#[N+]c1ccc([N+](=O)[O-])c(NC2CNC2)c1. The second kappa shape index (κ2) is 4.16. The minimum atomic E-state index is -0.442. The Balaban J connectivity index is 2.30. The Morgan fingerprint density at radius 1 is 1.56 bits per heavy atom. The van der Waals surface area contributed by atoms with Gasteiger partial charge in [-0.1, -0.05) is 0 Å². The van der Waals surface area contributed by atoms with Gasteiger partial charge < -0.3 is 10.6 Å². The molecule has 0 aliphatic carbocycles. The summed E-state index contributed by atoms with van der Waals surface area (Å²) >= 11 is 0. The topological polar surface area (TPSA) is 71.6 Å². The van der Waals surface area contributed by atoms with Crippen LogP contribution in [0.5, 0.6) is 0 Å². The van der Waals surface area contributed by atoms with E-state index in [0.717, 1.165) is 13.1 Å². The summed E-state index contributed by atoms with van der Waals surface area (Å²) in [5, 5.41) is 16.9. The van der Waals surface area contributed by atoms with Gasteiger partial charge in [-0.15, -0.1) is 0 Å². The van der Waals surface area contributed by atoms with Gasteiger partial charge >= 0.3 is 0 Å². The smallest absolute Gasteiger partial charge is 0.289 e. The van der Waals surface area contributed by atoms with Gasteiger partial charge in [0.2, 0.25) is 0 Å². The van der Waals surface area contributed by atoms with Gasteiger partial charge in [-0.05, 0) is 12.1 Å². The van der Waals surface area contributed by atoms with Gasteiger partial charge in [0.25, 0.3) is 5.69 Å². The number of hydrogen-bond acceptors (Lipinski definition) is 4. The first-order chi connectivity index (χ1) is 7.70. The van der Waals surface area contributed by atoms with Crippen LogP contribution in [0.4, 0.5) is 17.1 Å². The van der Waals surface area contributed by atoms with Gasteiger partial charge in [-0.25, -0.2) is 4.85 Å². The van der Waals surface area contributed by atoms with Crippen molar-refractivity contribution < 1.29 is 4.92 Å². The summed E-state index contributed by atoms with van der Waals surface area (Å²) in [6.45, 7) is 8.46. The van der Waals surface area contributed by atoms with Crippen molar-refractivity contribution in [2.45, 2.75) is 6.04 Å². The van der Waals surface area contributed by atoms with Crippen molar-refractivity contribution in [3.05, 3.63) is 39.7 Å². The Hall–Kier alpha value is -2.13. The first-order valence-electron chi connectivity index (χ1n) is 4.84. The molecule has 1 aliphatic heterocycles. The molecule has 82 valence electrons. The minimum Gasteiger partial charge on any atom is -0.375 e. The number of benzene rings is 1. The van der Waals surface area contributed by atoms with Crippen LogP contribution in [0, 0.1) is 16.7 Å². The minimum absolute atomic E-state index is 0.0132. The predicted molar refractivity (Wildman–Crippen MR) is 59.6 cm³/mol. The molecule has 0 radical (unpaired) electrons. The zero-order valence-electron chi connectivity index (χ0n) is 8.43. The Kier molecular flexibility index (Phi) is 2.70. The normalized spacial score (nSPS) is 14.9. The van der Waals surface area contributed by atoms with Gasteiger partial charge in [0.1, 0.15) is 5.69 Å². The van der Waals surface area contributed by atoms with E-state index in [1.165, 1.54) is 18.2 Å². The monoisotopic (exact) mass is 218 g/mol. The van der Waals surface area contributed by atoms with E-state index in [-0.39, 0.29) is 11.7 Å². The predicted octanol–water partition coefficient (Wildman–Crippen LogP) is 1.53. The molecule has 0 bridgehead atoms. The van der Waals surface area contributed by atoms with Crippen LogP contribution in [0.15, 0.2) is 18.2 Å². The Morgan fingerprint density at radius 3 is 2.81 bits per heavy atom. The fourth-order valence-electron chi connectivity index (χ4n) is 1.48. The molecule has 0 saturated carbocycles. The number of nitrogens with one attached hydrogen (secondary N) is 2. The molecule has 0 amide bonds. The number of nitro groups is 1. The van der Waals surface area contributed by atoms with Crippen molar-refractivity contribution >= 4 is 17.1 Å². The van der Waals surface area contributed by atoms with Crippen LogP contribution < -0.4 is 10.6 Å². The van der Waals surface area contributed by atoms with Gasteiger partial charge in [-0.2, -0.15) is 0 Å². The van der Waals surface area contributed by atoms with Gasteiger partial charge in [0.05, 0.1) is 17.5 Å². The van der Waals surface area contributed by atoms with Crippen LogP contribution >= 0.6 is 0 Å². The lowest BCUT2D eigenvalue weighted by molar-refractivity contribution is -0.384. The van der Waals surface area contributed by atoms with Crippen molar-refractivity contribution in [3.8, 4) is 0 Å². The molecule has 1 aromatic rings. The van der Waals surface area contributed by atoms with E-state index < -0.39 is 4.92 Å². The van der Waals surface area contributed by atoms with Crippen molar-refractivity contribution in [1.82, 2.24) is 5.32 Å². The summed E-state index contributed by atoms with van der Waals surface area (Å²) in [5.41, 5.74) is 0.838. The van der Waals surface area contributed by atoms with Crippen LogP contribution in [0.3, 0.4) is 0 Å². The third-order valence-corrected chi connectivity index (χ3v) is 2.45. The number of anilines is 1. The average Bonchev–Trinajstić information content (AvgIpc) is 2.22. The molecule has 1 aromatic carbocycles. The number of nitrogens with zero attached hydrogens (tertiary/aromatic N) is 2. The van der Waals surface area contributed by atoms with Crippen molar-refractivity contribution in [2.24, 2.45) is 0 Å². The van der Waals surface area contributed by atoms with E-state index in [4.69, 9.17) is 6.57 Å². The van der Waals surface area contributed by atoms with Gasteiger partial charge in [-0.3, -0.25) is 10.1 Å². The van der Waals surface area contributed by atoms with Crippen LogP contribution in [0.1, 0.15) is 0 Å². The molecule has 1 aliphatic rings. The molecule has 6 nitrogen and oxygen atoms in total. The first kappa shape index (κ1) is 10.4. The highest BCUT2D eigenvalue weighted by Gasteiger charge is 2.21. The third-order valence-electron chi connectivity index (χ3n) is 2.45. The highest BCUT2D eigenvalue weighted by Crippen LogP contribution is 2.29. The standard InChI is InChI=1S/C10H10N4O2/c1-11-7-2-3-10(14(15)16)9(4-7)13-8-5-12-6-8/h2-4,8,12-13H,5-6H2. The summed E-state index contributed by atoms with van der Waals surface area (Å²) in [5.74, 6) is 0. The molecule has 0 spiro atoms. The maximum atomic E-state index is 10.8. The number of hydrogen-bond donors (Lipinski definition) is 2. The Bertz CT molecular complexity index is 462. The van der Waals surface area contributed by atoms with Crippen LogP contribution in [-0.4, -0.2) is 24.1 Å². The highest BCUT2D eigenvalue weighted by molar-refractivity contribution is 5.69. The molecule has 1 fully saturated rings. The maximum absolute atomic E-state index is 10.8. The largest absolute Gasteiger partial charge is 0.375 e. The Labute approximate surface area is 92.2 Å². The average molecular weight is 218 g/mol. The van der Waals surface area contributed by atoms with E-state index >= 15 is 0 Å². The lowest BCUT2D eigenvalue weighted by Crippen LogP contribution is -2.51. The van der Waals surface area contributed by atoms with E-state index in [1.54, 1.807) is 0 Å². The quantitative estimate of drug-likeness (QED) is 0.458. The van der Waals surface area contributed by atoms with Gasteiger partial charge in [0.15, 0.2) is 5.69 Å². The van der Waals surface area contributed by atoms with E-state index in [0.29, 0.717) is 11.4 Å². The maximum Gasteiger partial charge on any atom is 0.289 e. The molecule has 16 heavy (non-hydrogen) atoms. The Morgan fingerprint density at radius 2 is 2.31 bits per heavy atom. The summed E-state index contributed by atoms with van der Waals surface area (Å²) in [7, 11) is 0. The zero-order valence-corrected chi connectivity index (χ0v) is 8.43. The molecular weight excluding hydrogens is 208 g/mol. The first-order valence-corrected chi connectivity index (χ1v) is 4.84. The molecule has 0 unspecified atom stereocenters. The number of nitro benzene ring substituents is 1. The van der Waals surface area contributed by atoms with Gasteiger partial charge in [0, 0.05) is 19.2 Å². The zero-order chi connectivity index (χ0) is 11.5. The second-order valence-electron chi connectivity index (χ2n) is 3.57. The highest BCUT2D eigenvalue weighted by atomic mass is 16.6. The molecule has 2 N–H and O–H groups in total. The van der Waals surface area contributed by atoms with Crippen molar-refractivity contribution in [3.63, 3.8) is 0 Å². The summed E-state index contributed by atoms with van der Waals surface area (Å²) in [6, 6.07) is 4.54. The van der Waals surface area contributed by atoms with E-state index in [9.17, 15) is 10.1 Å². The molecule has 0 atom stereocenters. The lowest BCUT2D eigenvalue weighted by atomic mass is 10.1. The van der Waals surface area contributed by atoms with Crippen molar-refractivity contribution in [1.29, 1.82) is 0 Å². The van der Waals surface area contributed by atoms with E-state index in [2.05, 4.69) is 15.5 Å². The molecule has 1 heterocycles. The number of rotatable bonds is 3. The molecule has 1 saturated heterocycles. The van der Waals surface area contributed by atoms with Crippen molar-refractivity contribution in [2.75, 3.05) is 18.4 Å². The summed E-state index contributed by atoms with van der Waals surface area (Å²) in [4.78, 5) is 13.6. The molecule has 2 rings (SSSR count).